The van der Waals surface area contributed by atoms with Gasteiger partial charge in [-0.15, -0.1) is 0 Å². The standard InChI is InChI=1S/C26H20BrNO2/c1-2-14-13-15(27)11-12-20(14)28-25(29)23-21-16-7-3-4-8-17(16)22(24(23)26(28)30)19-10-6-5-9-18(19)21/h3-13,21-24H,2H2,1H3/t21?,22?,23-,24+. The minimum atomic E-state index is -0.333. The number of hydrogen-bond acceptors (Lipinski definition) is 2. The Kier molecular flexibility index (Phi) is 3.85. The van der Waals surface area contributed by atoms with Crippen molar-refractivity contribution in [2.75, 3.05) is 4.90 Å². The molecule has 1 heterocycles. The van der Waals surface area contributed by atoms with Gasteiger partial charge >= 0.3 is 0 Å². The number of carbonyl (C=O) groups excluding carboxylic acids is 2. The summed E-state index contributed by atoms with van der Waals surface area (Å²) in [7, 11) is 0. The fourth-order valence-corrected chi connectivity index (χ4v) is 6.38. The van der Waals surface area contributed by atoms with E-state index in [4.69, 9.17) is 0 Å². The summed E-state index contributed by atoms with van der Waals surface area (Å²) in [5.41, 5.74) is 6.56. The Morgan fingerprint density at radius 2 is 1.23 bits per heavy atom. The number of aryl methyl sites for hydroxylation is 1. The van der Waals surface area contributed by atoms with Gasteiger partial charge in [0.05, 0.1) is 17.5 Å². The van der Waals surface area contributed by atoms with E-state index in [1.807, 2.05) is 42.5 Å². The summed E-state index contributed by atoms with van der Waals surface area (Å²) in [5, 5.41) is 0. The number of rotatable bonds is 2. The maximum Gasteiger partial charge on any atom is 0.238 e. The molecule has 3 aromatic carbocycles. The van der Waals surface area contributed by atoms with Crippen molar-refractivity contribution >= 4 is 33.4 Å². The van der Waals surface area contributed by atoms with Crippen LogP contribution in [0, 0.1) is 11.8 Å². The zero-order chi connectivity index (χ0) is 20.6. The summed E-state index contributed by atoms with van der Waals surface area (Å²) in [6.07, 6.45) is 0.758. The van der Waals surface area contributed by atoms with E-state index in [-0.39, 0.29) is 35.5 Å². The van der Waals surface area contributed by atoms with Crippen LogP contribution in [0.1, 0.15) is 46.6 Å². The highest BCUT2D eigenvalue weighted by atomic mass is 79.9. The third-order valence-corrected chi connectivity index (χ3v) is 7.61. The van der Waals surface area contributed by atoms with Crippen molar-refractivity contribution in [1.82, 2.24) is 0 Å². The molecular weight excluding hydrogens is 438 g/mol. The molecule has 2 bridgehead atoms. The summed E-state index contributed by atoms with van der Waals surface area (Å²) in [4.78, 5) is 29.1. The second kappa shape index (κ2) is 6.39. The molecule has 4 heteroatoms. The second-order valence-corrected chi connectivity index (χ2v) is 9.32. The molecule has 2 amide bonds. The monoisotopic (exact) mass is 457 g/mol. The molecule has 3 aliphatic carbocycles. The molecule has 0 saturated carbocycles. The average molecular weight is 458 g/mol. The molecule has 0 radical (unpaired) electrons. The Morgan fingerprint density at radius 3 is 1.67 bits per heavy atom. The minimum Gasteiger partial charge on any atom is -0.274 e. The van der Waals surface area contributed by atoms with Gasteiger partial charge in [0.2, 0.25) is 11.8 Å². The van der Waals surface area contributed by atoms with Crippen LogP contribution < -0.4 is 4.90 Å². The molecule has 3 aromatic rings. The van der Waals surface area contributed by atoms with E-state index >= 15 is 0 Å². The number of anilines is 1. The van der Waals surface area contributed by atoms with Gasteiger partial charge in [0.1, 0.15) is 0 Å². The molecule has 0 spiro atoms. The van der Waals surface area contributed by atoms with Gasteiger partial charge in [-0.05, 0) is 52.4 Å². The summed E-state index contributed by atoms with van der Waals surface area (Å²) in [6.45, 7) is 2.05. The van der Waals surface area contributed by atoms with Crippen LogP contribution in [0.25, 0.3) is 0 Å². The molecule has 2 atom stereocenters. The second-order valence-electron chi connectivity index (χ2n) is 8.40. The van der Waals surface area contributed by atoms with Crippen LogP contribution in [-0.4, -0.2) is 11.8 Å². The lowest BCUT2D eigenvalue weighted by Gasteiger charge is -2.45. The van der Waals surface area contributed by atoms with Gasteiger partial charge in [-0.3, -0.25) is 9.59 Å². The highest BCUT2D eigenvalue weighted by molar-refractivity contribution is 9.10. The lowest BCUT2D eigenvalue weighted by atomic mass is 9.55. The molecule has 1 aliphatic heterocycles. The Morgan fingerprint density at radius 1 is 0.767 bits per heavy atom. The van der Waals surface area contributed by atoms with Crippen LogP contribution in [0.5, 0.6) is 0 Å². The smallest absolute Gasteiger partial charge is 0.238 e. The fraction of sp³-hybridized carbons (Fsp3) is 0.231. The number of amides is 2. The molecule has 1 fully saturated rings. The van der Waals surface area contributed by atoms with Crippen LogP contribution >= 0.6 is 15.9 Å². The molecule has 30 heavy (non-hydrogen) atoms. The van der Waals surface area contributed by atoms with Crippen LogP contribution in [-0.2, 0) is 16.0 Å². The van der Waals surface area contributed by atoms with E-state index in [9.17, 15) is 9.59 Å². The quantitative estimate of drug-likeness (QED) is 0.482. The maximum atomic E-state index is 13.8. The highest BCUT2D eigenvalue weighted by Gasteiger charge is 2.61. The van der Waals surface area contributed by atoms with Crippen LogP contribution in [0.2, 0.25) is 0 Å². The van der Waals surface area contributed by atoms with Gasteiger partial charge < -0.3 is 0 Å². The highest BCUT2D eigenvalue weighted by Crippen LogP contribution is 2.61. The van der Waals surface area contributed by atoms with E-state index < -0.39 is 0 Å². The first-order valence-corrected chi connectivity index (χ1v) is 11.2. The largest absolute Gasteiger partial charge is 0.274 e. The molecule has 7 rings (SSSR count). The third kappa shape index (κ3) is 2.20. The number of halogens is 1. The van der Waals surface area contributed by atoms with Crippen LogP contribution in [0.15, 0.2) is 71.2 Å². The SMILES string of the molecule is CCc1cc(Br)ccc1N1C(=O)[C@@H]2C3c4ccccc4C(c4ccccc43)[C@@H]2C1=O. The number of nitrogens with zero attached hydrogens (tertiary/aromatic N) is 1. The van der Waals surface area contributed by atoms with Crippen LogP contribution in [0.4, 0.5) is 5.69 Å². The fourth-order valence-electron chi connectivity index (χ4n) is 5.97. The van der Waals surface area contributed by atoms with Gasteiger partial charge in [0, 0.05) is 16.3 Å². The maximum absolute atomic E-state index is 13.8. The minimum absolute atomic E-state index is 0.0546. The summed E-state index contributed by atoms with van der Waals surface area (Å²) >= 11 is 3.52. The zero-order valence-corrected chi connectivity index (χ0v) is 18.1. The summed E-state index contributed by atoms with van der Waals surface area (Å²) < 4.78 is 0.958. The molecule has 0 N–H and O–H groups in total. The van der Waals surface area contributed by atoms with Gasteiger partial charge in [0.15, 0.2) is 0 Å². The third-order valence-electron chi connectivity index (χ3n) is 7.11. The van der Waals surface area contributed by atoms with Crippen molar-refractivity contribution < 1.29 is 9.59 Å². The first kappa shape index (κ1) is 18.1. The molecule has 1 saturated heterocycles. The zero-order valence-electron chi connectivity index (χ0n) is 16.5. The number of hydrogen-bond donors (Lipinski definition) is 0. The lowest BCUT2D eigenvalue weighted by Crippen LogP contribution is -2.41. The van der Waals surface area contributed by atoms with E-state index in [1.165, 1.54) is 27.2 Å². The van der Waals surface area contributed by atoms with Crippen molar-refractivity contribution in [2.24, 2.45) is 11.8 Å². The summed E-state index contributed by atoms with van der Waals surface area (Å²) in [5.74, 6) is -0.896. The molecular formula is C26H20BrNO2. The first-order chi connectivity index (χ1) is 14.6. The Labute approximate surface area is 183 Å². The topological polar surface area (TPSA) is 37.4 Å². The van der Waals surface area contributed by atoms with Crippen molar-refractivity contribution in [3.8, 4) is 0 Å². The Balaban J connectivity index is 1.56. The average Bonchev–Trinajstić information content (AvgIpc) is 3.04. The molecule has 0 aromatic heterocycles. The normalized spacial score (nSPS) is 25.9. The molecule has 0 unspecified atom stereocenters. The molecule has 4 aliphatic rings. The van der Waals surface area contributed by atoms with E-state index in [2.05, 4.69) is 47.1 Å². The lowest BCUT2D eigenvalue weighted by molar-refractivity contribution is -0.122. The van der Waals surface area contributed by atoms with E-state index in [0.717, 1.165) is 22.1 Å². The van der Waals surface area contributed by atoms with Crippen molar-refractivity contribution in [1.29, 1.82) is 0 Å². The predicted molar refractivity (Wildman–Crippen MR) is 120 cm³/mol. The van der Waals surface area contributed by atoms with E-state index in [1.54, 1.807) is 0 Å². The Bertz CT molecular complexity index is 1120. The number of benzene rings is 3. The van der Waals surface area contributed by atoms with Gasteiger partial charge in [0.25, 0.3) is 0 Å². The van der Waals surface area contributed by atoms with Gasteiger partial charge in [-0.25, -0.2) is 4.90 Å². The van der Waals surface area contributed by atoms with Crippen molar-refractivity contribution in [3.05, 3.63) is 99.0 Å². The van der Waals surface area contributed by atoms with E-state index in [0.29, 0.717) is 0 Å². The molecule has 3 nitrogen and oxygen atoms in total. The number of imide groups is 1. The van der Waals surface area contributed by atoms with Crippen molar-refractivity contribution in [2.45, 2.75) is 25.2 Å². The number of carbonyl (C=O) groups is 2. The van der Waals surface area contributed by atoms with Gasteiger partial charge in [-0.2, -0.15) is 0 Å². The van der Waals surface area contributed by atoms with Crippen molar-refractivity contribution in [3.63, 3.8) is 0 Å². The van der Waals surface area contributed by atoms with Gasteiger partial charge in [-0.1, -0.05) is 71.4 Å². The molecule has 148 valence electrons. The van der Waals surface area contributed by atoms with Crippen LogP contribution in [0.3, 0.4) is 0 Å². The summed E-state index contributed by atoms with van der Waals surface area (Å²) in [6, 6.07) is 22.5. The Hall–Kier alpha value is -2.72. The first-order valence-electron chi connectivity index (χ1n) is 10.5. The predicted octanol–water partition coefficient (Wildman–Crippen LogP) is 5.41.